The van der Waals surface area contributed by atoms with Crippen LogP contribution >= 0.6 is 0 Å². The maximum atomic E-state index is 11.7. The van der Waals surface area contributed by atoms with Crippen LogP contribution in [0.25, 0.3) is 0 Å². The molecule has 262 valence electrons. The Labute approximate surface area is 273 Å². The molecule has 0 radical (unpaired) electrons. The molecule has 2 fully saturated rings. The van der Waals surface area contributed by atoms with Gasteiger partial charge in [0.1, 0.15) is 6.10 Å². The summed E-state index contributed by atoms with van der Waals surface area (Å²) in [5.74, 6) is -0.315. The minimum atomic E-state index is -0.828. The van der Waals surface area contributed by atoms with E-state index in [1.807, 2.05) is 6.92 Å². The summed E-state index contributed by atoms with van der Waals surface area (Å²) in [6.07, 6.45) is 21.8. The lowest BCUT2D eigenvalue weighted by atomic mass is 9.98. The predicted molar refractivity (Wildman–Crippen MR) is 177 cm³/mol. The lowest BCUT2D eigenvalue weighted by molar-refractivity contribution is -0.139. The van der Waals surface area contributed by atoms with Gasteiger partial charge in [0.2, 0.25) is 0 Å². The van der Waals surface area contributed by atoms with Crippen molar-refractivity contribution in [3.05, 3.63) is 11.6 Å². The highest BCUT2D eigenvalue weighted by atomic mass is 16.6. The van der Waals surface area contributed by atoms with Crippen LogP contribution < -0.4 is 0 Å². The molecule has 3 aliphatic heterocycles. The summed E-state index contributed by atoms with van der Waals surface area (Å²) in [7, 11) is 0. The van der Waals surface area contributed by atoms with Crippen molar-refractivity contribution in [2.75, 3.05) is 0 Å². The van der Waals surface area contributed by atoms with E-state index in [4.69, 9.17) is 14.2 Å². The van der Waals surface area contributed by atoms with Gasteiger partial charge in [-0.1, -0.05) is 96.8 Å². The second-order valence-electron chi connectivity index (χ2n) is 14.2. The van der Waals surface area contributed by atoms with Crippen LogP contribution in [-0.2, 0) is 19.0 Å². The Morgan fingerprint density at radius 2 is 1.09 bits per heavy atom. The molecule has 3 rings (SSSR count). The Bertz CT molecular complexity index is 833. The first-order chi connectivity index (χ1) is 21.8. The molecule has 0 spiro atoms. The molecule has 0 aromatic heterocycles. The third kappa shape index (κ3) is 14.3. The second kappa shape index (κ2) is 21.8. The fourth-order valence-electron chi connectivity index (χ4n) is 7.27. The van der Waals surface area contributed by atoms with E-state index in [2.05, 4.69) is 6.92 Å². The molecular formula is C37H66O8. The highest BCUT2D eigenvalue weighted by Gasteiger charge is 2.40. The summed E-state index contributed by atoms with van der Waals surface area (Å²) in [6, 6.07) is 0. The number of carbonyl (C=O) groups is 1. The van der Waals surface area contributed by atoms with Crippen LogP contribution in [0.3, 0.4) is 0 Å². The fourth-order valence-corrected chi connectivity index (χ4v) is 7.27. The van der Waals surface area contributed by atoms with Gasteiger partial charge in [-0.25, -0.2) is 4.79 Å². The molecule has 0 aromatic carbocycles. The molecule has 0 bridgehead atoms. The van der Waals surface area contributed by atoms with Crippen LogP contribution in [0, 0.1) is 0 Å². The molecule has 2 saturated heterocycles. The number of esters is 1. The van der Waals surface area contributed by atoms with Crippen LogP contribution in [0.2, 0.25) is 0 Å². The molecule has 3 aliphatic rings. The molecule has 45 heavy (non-hydrogen) atoms. The van der Waals surface area contributed by atoms with Crippen molar-refractivity contribution in [1.82, 2.24) is 0 Å². The van der Waals surface area contributed by atoms with Crippen molar-refractivity contribution in [1.29, 1.82) is 0 Å². The van der Waals surface area contributed by atoms with Crippen LogP contribution in [0.1, 0.15) is 162 Å². The maximum absolute atomic E-state index is 11.7. The van der Waals surface area contributed by atoms with Gasteiger partial charge < -0.3 is 34.6 Å². The van der Waals surface area contributed by atoms with E-state index in [0.29, 0.717) is 24.8 Å². The molecule has 0 aliphatic carbocycles. The Morgan fingerprint density at radius 3 is 1.56 bits per heavy atom. The monoisotopic (exact) mass is 638 g/mol. The van der Waals surface area contributed by atoms with Crippen LogP contribution in [0.15, 0.2) is 11.6 Å². The molecule has 9 atom stereocenters. The van der Waals surface area contributed by atoms with Crippen molar-refractivity contribution in [2.24, 2.45) is 0 Å². The molecule has 0 saturated carbocycles. The Kier molecular flexibility index (Phi) is 18.6. The number of cyclic esters (lactones) is 1. The minimum absolute atomic E-state index is 0.0267. The first kappa shape index (κ1) is 38.4. The molecule has 0 unspecified atom stereocenters. The highest BCUT2D eigenvalue weighted by molar-refractivity contribution is 5.90. The number of ether oxygens (including phenoxy) is 3. The lowest BCUT2D eigenvalue weighted by Gasteiger charge is -2.24. The third-order valence-electron chi connectivity index (χ3n) is 10.2. The van der Waals surface area contributed by atoms with Gasteiger partial charge in [-0.05, 0) is 70.8 Å². The molecule has 0 aromatic rings. The summed E-state index contributed by atoms with van der Waals surface area (Å²) in [4.78, 5) is 11.7. The predicted octanol–water partition coefficient (Wildman–Crippen LogP) is 6.83. The number of rotatable bonds is 25. The van der Waals surface area contributed by atoms with Gasteiger partial charge >= 0.3 is 5.97 Å². The summed E-state index contributed by atoms with van der Waals surface area (Å²) < 4.78 is 17.6. The van der Waals surface area contributed by atoms with Gasteiger partial charge in [-0.3, -0.25) is 0 Å². The second-order valence-corrected chi connectivity index (χ2v) is 14.2. The first-order valence-electron chi connectivity index (χ1n) is 18.7. The first-order valence-corrected chi connectivity index (χ1v) is 18.7. The zero-order valence-corrected chi connectivity index (χ0v) is 28.5. The van der Waals surface area contributed by atoms with E-state index >= 15 is 0 Å². The van der Waals surface area contributed by atoms with E-state index in [9.17, 15) is 25.2 Å². The topological polar surface area (TPSA) is 126 Å². The van der Waals surface area contributed by atoms with Gasteiger partial charge in [-0.15, -0.1) is 0 Å². The largest absolute Gasteiger partial charge is 0.455 e. The molecule has 8 nitrogen and oxygen atoms in total. The number of carbonyl (C=O) groups excluding carboxylic acids is 1. The van der Waals surface area contributed by atoms with Crippen molar-refractivity contribution in [3.63, 3.8) is 0 Å². The minimum Gasteiger partial charge on any atom is -0.455 e. The molecule has 8 heteroatoms. The Morgan fingerprint density at radius 1 is 0.644 bits per heavy atom. The van der Waals surface area contributed by atoms with E-state index < -0.39 is 18.3 Å². The van der Waals surface area contributed by atoms with E-state index in [-0.39, 0.29) is 42.6 Å². The average molecular weight is 639 g/mol. The quantitative estimate of drug-likeness (QED) is 0.0634. The van der Waals surface area contributed by atoms with Gasteiger partial charge in [0.05, 0.1) is 48.8 Å². The molecular weight excluding hydrogens is 572 g/mol. The molecule has 0 amide bonds. The van der Waals surface area contributed by atoms with Gasteiger partial charge in [-0.2, -0.15) is 0 Å². The smallest absolute Gasteiger partial charge is 0.334 e. The van der Waals surface area contributed by atoms with E-state index in [0.717, 1.165) is 83.5 Å². The zero-order valence-electron chi connectivity index (χ0n) is 28.5. The number of unbranched alkanes of at least 4 members (excludes halogenated alkanes) is 12. The summed E-state index contributed by atoms with van der Waals surface area (Å²) in [6.45, 7) is 4.06. The Hall–Kier alpha value is -1.03. The van der Waals surface area contributed by atoms with Crippen LogP contribution in [0.5, 0.6) is 0 Å². The standard InChI is InChI=1S/C37H66O8/c1-3-4-5-6-7-8-12-15-18-31(40)33-22-24-35(44-33)36-25-23-34(45-36)32(41)19-16-13-10-9-11-14-17-29(38)30(39)21-20-28-26-27(2)43-37(28)42/h26-27,29-36,38-41H,3-25H2,1-2H3/t27-,29+,30+,31+,32+,33+,34+,35+,36+/m1/s1. The Balaban J connectivity index is 1.15. The van der Waals surface area contributed by atoms with Gasteiger partial charge in [0, 0.05) is 5.57 Å². The van der Waals surface area contributed by atoms with E-state index in [1.54, 1.807) is 6.08 Å². The molecule has 4 N–H and O–H groups in total. The maximum Gasteiger partial charge on any atom is 0.334 e. The number of aliphatic hydroxyl groups is 4. The highest BCUT2D eigenvalue weighted by Crippen LogP contribution is 2.34. The average Bonchev–Trinajstić information content (AvgIpc) is 3.78. The summed E-state index contributed by atoms with van der Waals surface area (Å²) in [5.41, 5.74) is 0.592. The van der Waals surface area contributed by atoms with Crippen LogP contribution in [0.4, 0.5) is 0 Å². The van der Waals surface area contributed by atoms with Crippen molar-refractivity contribution in [2.45, 2.75) is 216 Å². The lowest BCUT2D eigenvalue weighted by Crippen LogP contribution is -2.33. The number of aliphatic hydroxyl groups excluding tert-OH is 4. The third-order valence-corrected chi connectivity index (χ3v) is 10.2. The van der Waals surface area contributed by atoms with Crippen LogP contribution in [-0.4, -0.2) is 81.3 Å². The molecule has 3 heterocycles. The normalized spacial score (nSPS) is 27.8. The summed E-state index contributed by atoms with van der Waals surface area (Å²) in [5, 5.41) is 42.0. The zero-order chi connectivity index (χ0) is 32.4. The number of hydrogen-bond acceptors (Lipinski definition) is 8. The van der Waals surface area contributed by atoms with Crippen molar-refractivity contribution >= 4 is 5.97 Å². The van der Waals surface area contributed by atoms with Gasteiger partial charge in [0.25, 0.3) is 0 Å². The summed E-state index contributed by atoms with van der Waals surface area (Å²) >= 11 is 0. The fraction of sp³-hybridized carbons (Fsp3) is 0.919. The number of hydrogen-bond donors (Lipinski definition) is 4. The SMILES string of the molecule is CCCCCCCCCC[C@H](O)[C@@H]1CC[C@@H]([C@@H]2CC[C@@H]([C@@H](O)CCCCCCCC[C@H](O)[C@@H](O)CCC3=C[C@@H](C)OC3=O)O2)O1. The van der Waals surface area contributed by atoms with E-state index in [1.165, 1.54) is 44.9 Å². The van der Waals surface area contributed by atoms with Gasteiger partial charge in [0.15, 0.2) is 0 Å². The van der Waals surface area contributed by atoms with Crippen molar-refractivity contribution in [3.8, 4) is 0 Å². The van der Waals surface area contributed by atoms with Crippen molar-refractivity contribution < 1.29 is 39.4 Å².